The summed E-state index contributed by atoms with van der Waals surface area (Å²) >= 11 is 0. The minimum absolute atomic E-state index is 0.0868. The summed E-state index contributed by atoms with van der Waals surface area (Å²) in [6.45, 7) is 0.865. The van der Waals surface area contributed by atoms with E-state index in [0.717, 1.165) is 5.69 Å². The number of hydrogen-bond donors (Lipinski definition) is 1. The van der Waals surface area contributed by atoms with Gasteiger partial charge in [-0.1, -0.05) is 0 Å². The van der Waals surface area contributed by atoms with Crippen molar-refractivity contribution >= 4 is 11.7 Å². The Kier molecular flexibility index (Phi) is 5.22. The average molecular weight is 240 g/mol. The predicted molar refractivity (Wildman–Crippen MR) is 62.5 cm³/mol. The second-order valence-electron chi connectivity index (χ2n) is 3.36. The number of aromatic nitrogens is 1. The molecule has 0 saturated carbocycles. The van der Waals surface area contributed by atoms with E-state index in [9.17, 15) is 4.79 Å². The van der Waals surface area contributed by atoms with Gasteiger partial charge in [0.1, 0.15) is 6.54 Å². The first kappa shape index (κ1) is 13.2. The average Bonchev–Trinajstić information content (AvgIpc) is 2.34. The van der Waals surface area contributed by atoms with Crippen LogP contribution < -0.4 is 9.64 Å². The summed E-state index contributed by atoms with van der Waals surface area (Å²) in [5.41, 5.74) is 0.747. The Balaban J connectivity index is 2.82. The number of aliphatic carboxylic acids is 1. The maximum absolute atomic E-state index is 10.8. The molecule has 0 atom stereocenters. The van der Waals surface area contributed by atoms with Gasteiger partial charge in [0.15, 0.2) is 0 Å². The van der Waals surface area contributed by atoms with Crippen LogP contribution in [0.15, 0.2) is 18.3 Å². The number of carboxylic acids is 1. The summed E-state index contributed by atoms with van der Waals surface area (Å²) in [5.74, 6) is -0.438. The molecule has 0 spiro atoms. The van der Waals surface area contributed by atoms with Crippen molar-refractivity contribution < 1.29 is 19.4 Å². The summed E-state index contributed by atoms with van der Waals surface area (Å²) < 4.78 is 9.95. The van der Waals surface area contributed by atoms with Crippen LogP contribution in [0.3, 0.4) is 0 Å². The van der Waals surface area contributed by atoms with Gasteiger partial charge in [-0.25, -0.2) is 4.98 Å². The molecule has 0 amide bonds. The molecule has 1 N–H and O–H groups in total. The predicted octanol–water partition coefficient (Wildman–Crippen LogP) is 0.628. The SMILES string of the molecule is COCCN(CC(=O)O)c1ccnc(OC)c1. The van der Waals surface area contributed by atoms with Crippen molar-refractivity contribution in [2.45, 2.75) is 0 Å². The van der Waals surface area contributed by atoms with Crippen LogP contribution in [-0.2, 0) is 9.53 Å². The third-order valence-electron chi connectivity index (χ3n) is 2.18. The summed E-state index contributed by atoms with van der Waals surface area (Å²) in [7, 11) is 3.09. The van der Waals surface area contributed by atoms with Crippen molar-refractivity contribution in [3.63, 3.8) is 0 Å². The molecule has 0 unspecified atom stereocenters. The molecule has 0 aliphatic carbocycles. The van der Waals surface area contributed by atoms with Crippen LogP contribution in [0, 0.1) is 0 Å². The zero-order valence-electron chi connectivity index (χ0n) is 9.92. The van der Waals surface area contributed by atoms with Crippen LogP contribution in [0.2, 0.25) is 0 Å². The molecule has 1 aromatic heterocycles. The first-order chi connectivity index (χ1) is 8.17. The molecule has 6 heteroatoms. The number of carboxylic acid groups (broad SMARTS) is 1. The molecule has 0 fully saturated rings. The maximum atomic E-state index is 10.8. The molecule has 0 bridgehead atoms. The Morgan fingerprint density at radius 1 is 1.53 bits per heavy atom. The topological polar surface area (TPSA) is 71.9 Å². The van der Waals surface area contributed by atoms with Gasteiger partial charge in [-0.3, -0.25) is 4.79 Å². The van der Waals surface area contributed by atoms with Crippen molar-refractivity contribution in [1.29, 1.82) is 0 Å². The van der Waals surface area contributed by atoms with Gasteiger partial charge in [-0.15, -0.1) is 0 Å². The molecule has 1 rings (SSSR count). The summed E-state index contributed by atoms with van der Waals surface area (Å²) in [6, 6.07) is 3.43. The molecule has 0 aromatic carbocycles. The zero-order chi connectivity index (χ0) is 12.7. The van der Waals surface area contributed by atoms with Gasteiger partial charge < -0.3 is 19.5 Å². The lowest BCUT2D eigenvalue weighted by atomic mass is 10.3. The van der Waals surface area contributed by atoms with Crippen LogP contribution in [0.4, 0.5) is 5.69 Å². The van der Waals surface area contributed by atoms with Gasteiger partial charge in [-0.2, -0.15) is 0 Å². The van der Waals surface area contributed by atoms with Gasteiger partial charge in [0.2, 0.25) is 5.88 Å². The summed E-state index contributed by atoms with van der Waals surface area (Å²) in [4.78, 5) is 16.4. The van der Waals surface area contributed by atoms with Gasteiger partial charge >= 0.3 is 5.97 Å². The number of nitrogens with zero attached hydrogens (tertiary/aromatic N) is 2. The molecule has 6 nitrogen and oxygen atoms in total. The molecule has 0 aliphatic rings. The smallest absolute Gasteiger partial charge is 0.323 e. The first-order valence-electron chi connectivity index (χ1n) is 5.13. The van der Waals surface area contributed by atoms with Crippen molar-refractivity contribution in [3.05, 3.63) is 18.3 Å². The number of carbonyl (C=O) groups is 1. The highest BCUT2D eigenvalue weighted by Crippen LogP contribution is 2.18. The fraction of sp³-hybridized carbons (Fsp3) is 0.455. The fourth-order valence-electron chi connectivity index (χ4n) is 1.37. The van der Waals surface area contributed by atoms with Crippen molar-refractivity contribution in [2.75, 3.05) is 38.8 Å². The van der Waals surface area contributed by atoms with Crippen LogP contribution in [0.1, 0.15) is 0 Å². The Morgan fingerprint density at radius 2 is 2.29 bits per heavy atom. The Bertz CT molecular complexity index is 370. The van der Waals surface area contributed by atoms with E-state index in [0.29, 0.717) is 19.0 Å². The standard InChI is InChI=1S/C11H16N2O4/c1-16-6-5-13(8-11(14)15)9-3-4-12-10(7-9)17-2/h3-4,7H,5-6,8H2,1-2H3,(H,14,15). The van der Waals surface area contributed by atoms with E-state index in [-0.39, 0.29) is 6.54 Å². The van der Waals surface area contributed by atoms with Crippen molar-refractivity contribution in [2.24, 2.45) is 0 Å². The molecule has 0 aliphatic heterocycles. The highest BCUT2D eigenvalue weighted by molar-refractivity contribution is 5.73. The number of ether oxygens (including phenoxy) is 2. The minimum atomic E-state index is -0.892. The molecule has 0 saturated heterocycles. The summed E-state index contributed by atoms with van der Waals surface area (Å²) in [5, 5.41) is 8.84. The lowest BCUT2D eigenvalue weighted by molar-refractivity contribution is -0.135. The second kappa shape index (κ2) is 6.70. The van der Waals surface area contributed by atoms with E-state index >= 15 is 0 Å². The van der Waals surface area contributed by atoms with Gasteiger partial charge in [-0.05, 0) is 6.07 Å². The molecule has 94 valence electrons. The van der Waals surface area contributed by atoms with Gasteiger partial charge in [0.25, 0.3) is 0 Å². The second-order valence-corrected chi connectivity index (χ2v) is 3.36. The van der Waals surface area contributed by atoms with Crippen LogP contribution in [-0.4, -0.2) is 50.0 Å². The molecule has 1 heterocycles. The van der Waals surface area contributed by atoms with Crippen molar-refractivity contribution in [1.82, 2.24) is 4.98 Å². The fourth-order valence-corrected chi connectivity index (χ4v) is 1.37. The third-order valence-corrected chi connectivity index (χ3v) is 2.18. The van der Waals surface area contributed by atoms with Crippen LogP contribution >= 0.6 is 0 Å². The maximum Gasteiger partial charge on any atom is 0.323 e. The number of rotatable bonds is 7. The molecule has 17 heavy (non-hydrogen) atoms. The Morgan fingerprint density at radius 3 is 2.88 bits per heavy atom. The van der Waals surface area contributed by atoms with Crippen LogP contribution in [0.25, 0.3) is 0 Å². The van der Waals surface area contributed by atoms with E-state index in [4.69, 9.17) is 14.6 Å². The van der Waals surface area contributed by atoms with E-state index in [1.807, 2.05) is 0 Å². The highest BCUT2D eigenvalue weighted by Gasteiger charge is 2.11. The molecule has 1 aromatic rings. The normalized spacial score (nSPS) is 10.0. The van der Waals surface area contributed by atoms with Gasteiger partial charge in [0, 0.05) is 31.6 Å². The molecule has 0 radical (unpaired) electrons. The minimum Gasteiger partial charge on any atom is -0.481 e. The van der Waals surface area contributed by atoms with E-state index in [2.05, 4.69) is 4.98 Å². The number of anilines is 1. The Hall–Kier alpha value is -1.82. The number of hydrogen-bond acceptors (Lipinski definition) is 5. The number of methoxy groups -OCH3 is 2. The molecular weight excluding hydrogens is 224 g/mol. The number of pyridine rings is 1. The van der Waals surface area contributed by atoms with E-state index in [1.165, 1.54) is 7.11 Å². The summed E-state index contributed by atoms with van der Waals surface area (Å²) in [6.07, 6.45) is 1.58. The lowest BCUT2D eigenvalue weighted by Crippen LogP contribution is -2.32. The quantitative estimate of drug-likeness (QED) is 0.753. The first-order valence-corrected chi connectivity index (χ1v) is 5.13. The molecular formula is C11H16N2O4. The lowest BCUT2D eigenvalue weighted by Gasteiger charge is -2.22. The zero-order valence-corrected chi connectivity index (χ0v) is 9.92. The van der Waals surface area contributed by atoms with Crippen molar-refractivity contribution in [3.8, 4) is 5.88 Å². The third kappa shape index (κ3) is 4.28. The van der Waals surface area contributed by atoms with Gasteiger partial charge in [0.05, 0.1) is 13.7 Å². The van der Waals surface area contributed by atoms with Crippen LogP contribution in [0.5, 0.6) is 5.88 Å². The largest absolute Gasteiger partial charge is 0.481 e. The van der Waals surface area contributed by atoms with E-state index in [1.54, 1.807) is 30.3 Å². The highest BCUT2D eigenvalue weighted by atomic mass is 16.5. The monoisotopic (exact) mass is 240 g/mol. The Labute approximate surface area is 99.8 Å². The van der Waals surface area contributed by atoms with E-state index < -0.39 is 5.97 Å².